The van der Waals surface area contributed by atoms with Crippen LogP contribution in [0.15, 0.2) is 48.5 Å². The third-order valence-corrected chi connectivity index (χ3v) is 5.38. The van der Waals surface area contributed by atoms with Crippen molar-refractivity contribution in [3.8, 4) is 0 Å². The molecular formula is C19H21Cl2NO. The van der Waals surface area contributed by atoms with E-state index in [1.54, 1.807) is 0 Å². The van der Waals surface area contributed by atoms with Gasteiger partial charge in [-0.15, -0.1) is 0 Å². The highest BCUT2D eigenvalue weighted by Crippen LogP contribution is 2.37. The molecule has 2 aromatic rings. The summed E-state index contributed by atoms with van der Waals surface area (Å²) in [7, 11) is 0. The number of aliphatic hydroxyl groups is 1. The van der Waals surface area contributed by atoms with Crippen LogP contribution in [0.5, 0.6) is 0 Å². The zero-order valence-electron chi connectivity index (χ0n) is 13.0. The second kappa shape index (κ2) is 7.67. The maximum absolute atomic E-state index is 9.40. The molecule has 122 valence electrons. The average Bonchev–Trinajstić information content (AvgIpc) is 2.94. The quantitative estimate of drug-likeness (QED) is 0.853. The van der Waals surface area contributed by atoms with Crippen LogP contribution >= 0.6 is 23.2 Å². The van der Waals surface area contributed by atoms with E-state index in [4.69, 9.17) is 23.2 Å². The molecule has 0 saturated carbocycles. The molecule has 4 heteroatoms. The van der Waals surface area contributed by atoms with Gasteiger partial charge in [-0.2, -0.15) is 0 Å². The van der Waals surface area contributed by atoms with E-state index in [-0.39, 0.29) is 6.61 Å². The largest absolute Gasteiger partial charge is 0.396 e. The number of hydrogen-bond donors (Lipinski definition) is 1. The van der Waals surface area contributed by atoms with Gasteiger partial charge in [0.1, 0.15) is 0 Å². The Hall–Kier alpha value is -1.06. The Kier molecular flexibility index (Phi) is 5.60. The Morgan fingerprint density at radius 1 is 1.00 bits per heavy atom. The molecule has 1 fully saturated rings. The first-order valence-corrected chi connectivity index (χ1v) is 8.75. The van der Waals surface area contributed by atoms with E-state index in [2.05, 4.69) is 35.2 Å². The second-order valence-electron chi connectivity index (χ2n) is 6.23. The lowest BCUT2D eigenvalue weighted by Gasteiger charge is -2.18. The van der Waals surface area contributed by atoms with Crippen molar-refractivity contribution in [2.75, 3.05) is 19.7 Å². The number of benzene rings is 2. The summed E-state index contributed by atoms with van der Waals surface area (Å²) in [5.41, 5.74) is 2.54. The van der Waals surface area contributed by atoms with Gasteiger partial charge in [0.25, 0.3) is 0 Å². The summed E-state index contributed by atoms with van der Waals surface area (Å²) < 4.78 is 0. The standard InChI is InChI=1S/C19H21Cl2NO/c20-18-7-6-15(10-19(18)21)17-13-22(12-16(17)8-9-23)11-14-4-2-1-3-5-14/h1-7,10,16-17,23H,8-9,11-13H2/t16-,17-/m1/s1. The van der Waals surface area contributed by atoms with Gasteiger partial charge in [-0.25, -0.2) is 0 Å². The maximum Gasteiger partial charge on any atom is 0.0595 e. The average molecular weight is 350 g/mol. The first-order chi connectivity index (χ1) is 11.2. The van der Waals surface area contributed by atoms with Gasteiger partial charge in [0.05, 0.1) is 10.0 Å². The predicted molar refractivity (Wildman–Crippen MR) is 96.1 cm³/mol. The first-order valence-electron chi connectivity index (χ1n) is 7.99. The minimum absolute atomic E-state index is 0.224. The molecule has 3 rings (SSSR count). The number of likely N-dealkylation sites (tertiary alicyclic amines) is 1. The lowest BCUT2D eigenvalue weighted by atomic mass is 9.87. The summed E-state index contributed by atoms with van der Waals surface area (Å²) in [6.07, 6.45) is 0.816. The van der Waals surface area contributed by atoms with Crippen LogP contribution in [0.2, 0.25) is 10.0 Å². The summed E-state index contributed by atoms with van der Waals surface area (Å²) >= 11 is 12.2. The zero-order valence-corrected chi connectivity index (χ0v) is 14.5. The molecule has 0 radical (unpaired) electrons. The molecule has 0 unspecified atom stereocenters. The van der Waals surface area contributed by atoms with Crippen LogP contribution in [0.3, 0.4) is 0 Å². The number of hydrogen-bond acceptors (Lipinski definition) is 2. The first kappa shape index (κ1) is 16.8. The molecule has 2 nitrogen and oxygen atoms in total. The van der Waals surface area contributed by atoms with E-state index < -0.39 is 0 Å². The number of halogens is 2. The van der Waals surface area contributed by atoms with Crippen LogP contribution < -0.4 is 0 Å². The van der Waals surface area contributed by atoms with Crippen molar-refractivity contribution in [1.29, 1.82) is 0 Å². The Labute approximate surface area is 147 Å². The second-order valence-corrected chi connectivity index (χ2v) is 7.05. The summed E-state index contributed by atoms with van der Waals surface area (Å²) in [5, 5.41) is 10.6. The topological polar surface area (TPSA) is 23.5 Å². The Morgan fingerprint density at radius 3 is 2.48 bits per heavy atom. The summed E-state index contributed by atoms with van der Waals surface area (Å²) in [6.45, 7) is 3.15. The fourth-order valence-corrected chi connectivity index (χ4v) is 3.82. The number of rotatable bonds is 5. The molecule has 1 aliphatic heterocycles. The summed E-state index contributed by atoms with van der Waals surface area (Å²) in [6, 6.07) is 16.4. The number of aliphatic hydroxyl groups excluding tert-OH is 1. The summed E-state index contributed by atoms with van der Waals surface area (Å²) in [4.78, 5) is 2.46. The third kappa shape index (κ3) is 4.07. The molecule has 23 heavy (non-hydrogen) atoms. The SMILES string of the molecule is OCC[C@@H]1CN(Cc2ccccc2)C[C@@H]1c1ccc(Cl)c(Cl)c1. The van der Waals surface area contributed by atoms with Crippen LogP contribution in [-0.4, -0.2) is 29.7 Å². The van der Waals surface area contributed by atoms with E-state index in [1.165, 1.54) is 11.1 Å². The normalized spacial score (nSPS) is 21.7. The van der Waals surface area contributed by atoms with Gasteiger partial charge < -0.3 is 5.11 Å². The van der Waals surface area contributed by atoms with Crippen molar-refractivity contribution in [2.24, 2.45) is 5.92 Å². The monoisotopic (exact) mass is 349 g/mol. The van der Waals surface area contributed by atoms with Crippen molar-refractivity contribution >= 4 is 23.2 Å². The van der Waals surface area contributed by atoms with Gasteiger partial charge in [0.2, 0.25) is 0 Å². The van der Waals surface area contributed by atoms with Crippen molar-refractivity contribution < 1.29 is 5.11 Å². The zero-order chi connectivity index (χ0) is 16.2. The fraction of sp³-hybridized carbons (Fsp3) is 0.368. The Balaban J connectivity index is 1.76. The van der Waals surface area contributed by atoms with Gasteiger partial charge in [-0.1, -0.05) is 59.6 Å². The predicted octanol–water partition coefficient (Wildman–Crippen LogP) is 4.59. The number of nitrogens with zero attached hydrogens (tertiary/aromatic N) is 1. The van der Waals surface area contributed by atoms with Crippen molar-refractivity contribution in [3.05, 3.63) is 69.7 Å². The molecule has 0 aliphatic carbocycles. The molecule has 1 N–H and O–H groups in total. The molecule has 1 saturated heterocycles. The highest BCUT2D eigenvalue weighted by atomic mass is 35.5. The van der Waals surface area contributed by atoms with Crippen LogP contribution in [0.25, 0.3) is 0 Å². The molecule has 0 bridgehead atoms. The Bertz CT molecular complexity index is 647. The van der Waals surface area contributed by atoms with Crippen LogP contribution in [0.1, 0.15) is 23.5 Å². The molecule has 0 amide bonds. The van der Waals surface area contributed by atoms with Gasteiger partial charge in [-0.3, -0.25) is 4.90 Å². The maximum atomic E-state index is 9.40. The molecule has 0 aromatic heterocycles. The summed E-state index contributed by atoms with van der Waals surface area (Å²) in [5.74, 6) is 0.835. The van der Waals surface area contributed by atoms with Crippen molar-refractivity contribution in [1.82, 2.24) is 4.90 Å². The molecule has 2 atom stereocenters. The van der Waals surface area contributed by atoms with Crippen molar-refractivity contribution in [2.45, 2.75) is 18.9 Å². The molecule has 2 aromatic carbocycles. The van der Waals surface area contributed by atoms with Crippen LogP contribution in [0.4, 0.5) is 0 Å². The van der Waals surface area contributed by atoms with Gasteiger partial charge in [0, 0.05) is 32.2 Å². The molecule has 1 heterocycles. The van der Waals surface area contributed by atoms with Crippen LogP contribution in [0, 0.1) is 5.92 Å². The Morgan fingerprint density at radius 2 is 1.78 bits per heavy atom. The smallest absolute Gasteiger partial charge is 0.0595 e. The third-order valence-electron chi connectivity index (χ3n) is 4.64. The molecular weight excluding hydrogens is 329 g/mol. The minimum Gasteiger partial charge on any atom is -0.396 e. The van der Waals surface area contributed by atoms with E-state index in [1.807, 2.05) is 18.2 Å². The van der Waals surface area contributed by atoms with Crippen molar-refractivity contribution in [3.63, 3.8) is 0 Å². The minimum atomic E-state index is 0.224. The molecule has 1 aliphatic rings. The highest BCUT2D eigenvalue weighted by Gasteiger charge is 2.33. The van der Waals surface area contributed by atoms with Crippen LogP contribution in [-0.2, 0) is 6.54 Å². The van der Waals surface area contributed by atoms with Gasteiger partial charge >= 0.3 is 0 Å². The van der Waals surface area contributed by atoms with Gasteiger partial charge in [-0.05, 0) is 35.6 Å². The van der Waals surface area contributed by atoms with E-state index in [0.717, 1.165) is 26.1 Å². The highest BCUT2D eigenvalue weighted by molar-refractivity contribution is 6.42. The van der Waals surface area contributed by atoms with Gasteiger partial charge in [0.15, 0.2) is 0 Å². The lowest BCUT2D eigenvalue weighted by Crippen LogP contribution is -2.20. The molecule has 0 spiro atoms. The van der Waals surface area contributed by atoms with E-state index >= 15 is 0 Å². The lowest BCUT2D eigenvalue weighted by molar-refractivity contribution is 0.246. The van der Waals surface area contributed by atoms with E-state index in [9.17, 15) is 5.11 Å². The van der Waals surface area contributed by atoms with E-state index in [0.29, 0.717) is 21.9 Å². The fourth-order valence-electron chi connectivity index (χ4n) is 3.51.